The molecule has 1 aliphatic rings. The van der Waals surface area contributed by atoms with Crippen LogP contribution in [0.4, 0.5) is 0 Å². The van der Waals surface area contributed by atoms with Gasteiger partial charge in [0.25, 0.3) is 0 Å². The highest BCUT2D eigenvalue weighted by atomic mass is 16.5. The molecule has 0 aromatic heterocycles. The molecule has 0 spiro atoms. The zero-order valence-corrected chi connectivity index (χ0v) is 9.28. The Kier molecular flexibility index (Phi) is 3.27. The van der Waals surface area contributed by atoms with E-state index >= 15 is 0 Å². The molecule has 1 aromatic rings. The van der Waals surface area contributed by atoms with Gasteiger partial charge in [-0.2, -0.15) is 0 Å². The van der Waals surface area contributed by atoms with Crippen molar-refractivity contribution in [3.63, 3.8) is 0 Å². The van der Waals surface area contributed by atoms with Crippen LogP contribution in [0.2, 0.25) is 0 Å². The average Bonchev–Trinajstić information content (AvgIpc) is 3.02. The number of hydrogen-bond acceptors (Lipinski definition) is 2. The van der Waals surface area contributed by atoms with E-state index in [1.807, 2.05) is 31.2 Å². The number of rotatable bonds is 5. The highest BCUT2D eigenvalue weighted by Gasteiger charge is 2.20. The third-order valence-corrected chi connectivity index (χ3v) is 2.90. The Bertz CT molecular complexity index is 301. The molecule has 1 fully saturated rings. The van der Waals surface area contributed by atoms with Gasteiger partial charge in [0.1, 0.15) is 5.75 Å². The topological polar surface area (TPSA) is 35.2 Å². The SMILES string of the molecule is CC(N)c1ccc(OCCC2CC2)cc1. The Hall–Kier alpha value is -1.02. The summed E-state index contributed by atoms with van der Waals surface area (Å²) in [6, 6.07) is 8.19. The lowest BCUT2D eigenvalue weighted by Crippen LogP contribution is -2.04. The zero-order valence-electron chi connectivity index (χ0n) is 9.28. The maximum Gasteiger partial charge on any atom is 0.119 e. The lowest BCUT2D eigenvalue weighted by molar-refractivity contribution is 0.302. The molecular weight excluding hydrogens is 186 g/mol. The molecule has 1 saturated carbocycles. The standard InChI is InChI=1S/C13H19NO/c1-10(14)12-4-6-13(7-5-12)15-9-8-11-2-3-11/h4-7,10-11H,2-3,8-9,14H2,1H3. The number of nitrogens with two attached hydrogens (primary N) is 1. The summed E-state index contributed by atoms with van der Waals surface area (Å²) in [5.41, 5.74) is 6.93. The van der Waals surface area contributed by atoms with Gasteiger partial charge in [-0.15, -0.1) is 0 Å². The lowest BCUT2D eigenvalue weighted by Gasteiger charge is -2.08. The van der Waals surface area contributed by atoms with Gasteiger partial charge in [0, 0.05) is 6.04 Å². The van der Waals surface area contributed by atoms with Gasteiger partial charge >= 0.3 is 0 Å². The molecule has 0 heterocycles. The normalized spacial score (nSPS) is 17.5. The Morgan fingerprint density at radius 3 is 2.53 bits per heavy atom. The fourth-order valence-electron chi connectivity index (χ4n) is 1.62. The number of hydrogen-bond donors (Lipinski definition) is 1. The maximum absolute atomic E-state index is 5.77. The van der Waals surface area contributed by atoms with E-state index in [0.29, 0.717) is 0 Å². The van der Waals surface area contributed by atoms with Crippen molar-refractivity contribution in [1.29, 1.82) is 0 Å². The van der Waals surface area contributed by atoms with E-state index in [1.54, 1.807) is 0 Å². The molecule has 2 nitrogen and oxygen atoms in total. The van der Waals surface area contributed by atoms with E-state index in [0.717, 1.165) is 23.8 Å². The summed E-state index contributed by atoms with van der Waals surface area (Å²) >= 11 is 0. The van der Waals surface area contributed by atoms with Gasteiger partial charge in [0.2, 0.25) is 0 Å². The van der Waals surface area contributed by atoms with Gasteiger partial charge in [0.15, 0.2) is 0 Å². The van der Waals surface area contributed by atoms with Gasteiger partial charge in [-0.25, -0.2) is 0 Å². The first-order valence-electron chi connectivity index (χ1n) is 5.74. The molecule has 1 aromatic carbocycles. The van der Waals surface area contributed by atoms with Crippen LogP contribution in [0.3, 0.4) is 0 Å². The monoisotopic (exact) mass is 205 g/mol. The second kappa shape index (κ2) is 4.67. The molecule has 2 rings (SSSR count). The molecule has 0 amide bonds. The van der Waals surface area contributed by atoms with Crippen molar-refractivity contribution in [2.75, 3.05) is 6.61 Å². The molecule has 2 N–H and O–H groups in total. The molecule has 15 heavy (non-hydrogen) atoms. The first-order valence-corrected chi connectivity index (χ1v) is 5.74. The van der Waals surface area contributed by atoms with E-state index in [4.69, 9.17) is 10.5 Å². The van der Waals surface area contributed by atoms with Crippen molar-refractivity contribution >= 4 is 0 Å². The molecular formula is C13H19NO. The highest BCUT2D eigenvalue weighted by Crippen LogP contribution is 2.32. The molecule has 0 bridgehead atoms. The van der Waals surface area contributed by atoms with E-state index in [1.165, 1.54) is 19.3 Å². The van der Waals surface area contributed by atoms with E-state index < -0.39 is 0 Å². The van der Waals surface area contributed by atoms with Gasteiger partial charge in [-0.3, -0.25) is 0 Å². The van der Waals surface area contributed by atoms with E-state index in [-0.39, 0.29) is 6.04 Å². The van der Waals surface area contributed by atoms with Gasteiger partial charge in [-0.05, 0) is 37.0 Å². The molecule has 82 valence electrons. The van der Waals surface area contributed by atoms with Crippen molar-refractivity contribution in [3.05, 3.63) is 29.8 Å². The van der Waals surface area contributed by atoms with Crippen molar-refractivity contribution < 1.29 is 4.74 Å². The fraction of sp³-hybridized carbons (Fsp3) is 0.538. The second-order valence-corrected chi connectivity index (χ2v) is 4.44. The lowest BCUT2D eigenvalue weighted by atomic mass is 10.1. The van der Waals surface area contributed by atoms with E-state index in [2.05, 4.69) is 0 Å². The summed E-state index contributed by atoms with van der Waals surface area (Å²) < 4.78 is 5.65. The minimum Gasteiger partial charge on any atom is -0.494 e. The third-order valence-electron chi connectivity index (χ3n) is 2.90. The zero-order chi connectivity index (χ0) is 10.7. The van der Waals surface area contributed by atoms with Crippen LogP contribution in [-0.2, 0) is 0 Å². The summed E-state index contributed by atoms with van der Waals surface area (Å²) in [6.07, 6.45) is 4.00. The Labute approximate surface area is 91.4 Å². The van der Waals surface area contributed by atoms with Crippen molar-refractivity contribution in [1.82, 2.24) is 0 Å². The third kappa shape index (κ3) is 3.24. The second-order valence-electron chi connectivity index (χ2n) is 4.44. The molecule has 1 aliphatic carbocycles. The smallest absolute Gasteiger partial charge is 0.119 e. The molecule has 1 unspecified atom stereocenters. The van der Waals surface area contributed by atoms with Crippen LogP contribution in [0.15, 0.2) is 24.3 Å². The van der Waals surface area contributed by atoms with Crippen LogP contribution in [0.25, 0.3) is 0 Å². The quantitative estimate of drug-likeness (QED) is 0.802. The molecule has 2 heteroatoms. The molecule has 0 aliphatic heterocycles. The molecule has 0 radical (unpaired) electrons. The largest absolute Gasteiger partial charge is 0.494 e. The fourth-order valence-corrected chi connectivity index (χ4v) is 1.62. The van der Waals surface area contributed by atoms with Crippen molar-refractivity contribution in [2.45, 2.75) is 32.2 Å². The predicted molar refractivity (Wildman–Crippen MR) is 61.9 cm³/mol. The maximum atomic E-state index is 5.77. The predicted octanol–water partition coefficient (Wildman–Crippen LogP) is 2.89. The van der Waals surface area contributed by atoms with E-state index in [9.17, 15) is 0 Å². The number of benzene rings is 1. The van der Waals surface area contributed by atoms with Crippen LogP contribution in [-0.4, -0.2) is 6.61 Å². The Morgan fingerprint density at radius 1 is 1.33 bits per heavy atom. The highest BCUT2D eigenvalue weighted by molar-refractivity contribution is 5.28. The summed E-state index contributed by atoms with van der Waals surface area (Å²) in [5.74, 6) is 1.90. The van der Waals surface area contributed by atoms with Gasteiger partial charge < -0.3 is 10.5 Å². The van der Waals surface area contributed by atoms with Crippen LogP contribution < -0.4 is 10.5 Å². The Balaban J connectivity index is 1.80. The summed E-state index contributed by atoms with van der Waals surface area (Å²) in [4.78, 5) is 0. The number of ether oxygens (including phenoxy) is 1. The van der Waals surface area contributed by atoms with Crippen molar-refractivity contribution in [2.24, 2.45) is 11.7 Å². The first-order chi connectivity index (χ1) is 7.25. The minimum atomic E-state index is 0.102. The summed E-state index contributed by atoms with van der Waals surface area (Å²) in [7, 11) is 0. The minimum absolute atomic E-state index is 0.102. The van der Waals surface area contributed by atoms with Crippen LogP contribution in [0.1, 0.15) is 37.8 Å². The molecule has 1 atom stereocenters. The summed E-state index contributed by atoms with van der Waals surface area (Å²) in [6.45, 7) is 2.84. The van der Waals surface area contributed by atoms with Gasteiger partial charge in [-0.1, -0.05) is 25.0 Å². The summed E-state index contributed by atoms with van der Waals surface area (Å²) in [5, 5.41) is 0. The molecule has 0 saturated heterocycles. The van der Waals surface area contributed by atoms with Crippen LogP contribution in [0, 0.1) is 5.92 Å². The van der Waals surface area contributed by atoms with Crippen LogP contribution >= 0.6 is 0 Å². The van der Waals surface area contributed by atoms with Crippen LogP contribution in [0.5, 0.6) is 5.75 Å². The van der Waals surface area contributed by atoms with Gasteiger partial charge in [0.05, 0.1) is 6.61 Å². The van der Waals surface area contributed by atoms with Crippen molar-refractivity contribution in [3.8, 4) is 5.75 Å². The average molecular weight is 205 g/mol. The Morgan fingerprint density at radius 2 is 2.00 bits per heavy atom. The first kappa shape index (κ1) is 10.5.